The highest BCUT2D eigenvalue weighted by Crippen LogP contribution is 2.28. The van der Waals surface area contributed by atoms with Crippen LogP contribution in [0.2, 0.25) is 0 Å². The van der Waals surface area contributed by atoms with E-state index in [0.717, 1.165) is 27.2 Å². The summed E-state index contributed by atoms with van der Waals surface area (Å²) in [6, 6.07) is 23.1. The number of hydrogen-bond donors (Lipinski definition) is 0. The lowest BCUT2D eigenvalue weighted by molar-refractivity contribution is 0.0693. The summed E-state index contributed by atoms with van der Waals surface area (Å²) in [5, 5.41) is 0. The predicted molar refractivity (Wildman–Crippen MR) is 101 cm³/mol. The van der Waals surface area contributed by atoms with Crippen LogP contribution in [0.3, 0.4) is 0 Å². The van der Waals surface area contributed by atoms with Gasteiger partial charge in [-0.25, -0.2) is 0 Å². The summed E-state index contributed by atoms with van der Waals surface area (Å²) in [6.07, 6.45) is 0. The van der Waals surface area contributed by atoms with E-state index in [9.17, 15) is 9.59 Å². The van der Waals surface area contributed by atoms with Crippen molar-refractivity contribution in [2.75, 3.05) is 7.05 Å². The molecule has 0 spiro atoms. The molecule has 4 rings (SSSR count). The Morgan fingerprint density at radius 3 is 1.92 bits per heavy atom. The number of imide groups is 1. The Balaban J connectivity index is 1.62. The molecule has 0 unspecified atom stereocenters. The van der Waals surface area contributed by atoms with Crippen LogP contribution in [0, 0.1) is 11.8 Å². The molecule has 0 aliphatic carbocycles. The normalized spacial score (nSPS) is 12.6. The third-order valence-corrected chi connectivity index (χ3v) is 4.43. The molecule has 1 aliphatic rings. The van der Waals surface area contributed by atoms with Gasteiger partial charge in [-0.3, -0.25) is 14.5 Å². The predicted octanol–water partition coefficient (Wildman–Crippen LogP) is 3.98. The molecule has 0 aromatic heterocycles. The lowest BCUT2D eigenvalue weighted by Gasteiger charge is -2.04. The molecule has 3 heteroatoms. The minimum Gasteiger partial charge on any atom is -0.277 e. The molecular formula is C23H15NO2. The van der Waals surface area contributed by atoms with Gasteiger partial charge in [0.25, 0.3) is 11.8 Å². The molecule has 0 atom stereocenters. The fraction of sp³-hybridized carbons (Fsp3) is 0.0435. The second kappa shape index (κ2) is 6.34. The van der Waals surface area contributed by atoms with Gasteiger partial charge in [-0.15, -0.1) is 0 Å². The van der Waals surface area contributed by atoms with Gasteiger partial charge in [-0.2, -0.15) is 0 Å². The van der Waals surface area contributed by atoms with Crippen LogP contribution in [0.1, 0.15) is 31.8 Å². The van der Waals surface area contributed by atoms with E-state index in [4.69, 9.17) is 0 Å². The van der Waals surface area contributed by atoms with Gasteiger partial charge >= 0.3 is 0 Å². The zero-order chi connectivity index (χ0) is 18.1. The van der Waals surface area contributed by atoms with Crippen LogP contribution in [0.25, 0.3) is 11.1 Å². The van der Waals surface area contributed by atoms with Crippen LogP contribution < -0.4 is 0 Å². The Labute approximate surface area is 151 Å². The van der Waals surface area contributed by atoms with Crippen LogP contribution in [-0.4, -0.2) is 23.8 Å². The van der Waals surface area contributed by atoms with E-state index in [1.807, 2.05) is 60.7 Å². The molecule has 3 nitrogen and oxygen atoms in total. The molecule has 124 valence electrons. The molecule has 0 saturated heterocycles. The van der Waals surface area contributed by atoms with E-state index in [1.165, 1.54) is 7.05 Å². The number of amides is 2. The Bertz CT molecular complexity index is 1070. The smallest absolute Gasteiger partial charge is 0.261 e. The molecule has 26 heavy (non-hydrogen) atoms. The standard InChI is InChI=1S/C23H15NO2/c1-24-22(25)20-14-13-19(15-21(20)23(24)26)18-11-9-17(10-12-18)8-7-16-5-3-2-4-6-16/h2-6,9-15H,1H3. The monoisotopic (exact) mass is 337 g/mol. The third kappa shape index (κ3) is 2.78. The van der Waals surface area contributed by atoms with Gasteiger partial charge in [0.15, 0.2) is 0 Å². The maximum absolute atomic E-state index is 12.2. The van der Waals surface area contributed by atoms with Crippen molar-refractivity contribution < 1.29 is 9.59 Å². The molecule has 0 bridgehead atoms. The average molecular weight is 337 g/mol. The van der Waals surface area contributed by atoms with E-state index in [1.54, 1.807) is 12.1 Å². The first kappa shape index (κ1) is 15.9. The Hall–Kier alpha value is -3.64. The third-order valence-electron chi connectivity index (χ3n) is 4.43. The molecule has 0 fully saturated rings. The quantitative estimate of drug-likeness (QED) is 0.497. The van der Waals surface area contributed by atoms with Crippen molar-refractivity contribution in [3.05, 3.63) is 95.1 Å². The number of carbonyl (C=O) groups excluding carboxylic acids is 2. The van der Waals surface area contributed by atoms with Crippen molar-refractivity contribution in [3.8, 4) is 23.0 Å². The lowest BCUT2D eigenvalue weighted by atomic mass is 9.99. The van der Waals surface area contributed by atoms with Crippen LogP contribution in [0.15, 0.2) is 72.8 Å². The summed E-state index contributed by atoms with van der Waals surface area (Å²) < 4.78 is 0. The number of benzene rings is 3. The first-order valence-electron chi connectivity index (χ1n) is 8.27. The van der Waals surface area contributed by atoms with Gasteiger partial charge in [0.2, 0.25) is 0 Å². The van der Waals surface area contributed by atoms with Crippen molar-refractivity contribution >= 4 is 11.8 Å². The summed E-state index contributed by atoms with van der Waals surface area (Å²) in [6.45, 7) is 0. The van der Waals surface area contributed by atoms with Crippen molar-refractivity contribution in [2.45, 2.75) is 0 Å². The van der Waals surface area contributed by atoms with Gasteiger partial charge in [0, 0.05) is 18.2 Å². The number of carbonyl (C=O) groups is 2. The maximum Gasteiger partial charge on any atom is 0.261 e. The molecular weight excluding hydrogens is 322 g/mol. The summed E-state index contributed by atoms with van der Waals surface area (Å²) in [5.41, 5.74) is 4.71. The molecule has 0 N–H and O–H groups in total. The van der Waals surface area contributed by atoms with Crippen LogP contribution in [-0.2, 0) is 0 Å². The molecule has 3 aromatic carbocycles. The molecule has 1 heterocycles. The lowest BCUT2D eigenvalue weighted by Crippen LogP contribution is -2.24. The number of fused-ring (bicyclic) bond motifs is 1. The van der Waals surface area contributed by atoms with Crippen molar-refractivity contribution in [3.63, 3.8) is 0 Å². The Morgan fingerprint density at radius 1 is 0.654 bits per heavy atom. The molecule has 2 amide bonds. The summed E-state index contributed by atoms with van der Waals surface area (Å²) in [5.74, 6) is 5.78. The Morgan fingerprint density at radius 2 is 1.23 bits per heavy atom. The van der Waals surface area contributed by atoms with Gasteiger partial charge in [0.05, 0.1) is 11.1 Å². The van der Waals surface area contributed by atoms with Gasteiger partial charge < -0.3 is 0 Å². The van der Waals surface area contributed by atoms with Crippen LogP contribution in [0.4, 0.5) is 0 Å². The topological polar surface area (TPSA) is 37.4 Å². The number of nitrogens with zero attached hydrogens (tertiary/aromatic N) is 1. The second-order valence-corrected chi connectivity index (χ2v) is 6.12. The maximum atomic E-state index is 12.2. The molecule has 0 radical (unpaired) electrons. The first-order valence-corrected chi connectivity index (χ1v) is 8.27. The minimum absolute atomic E-state index is 0.247. The highest BCUT2D eigenvalue weighted by Gasteiger charge is 2.32. The largest absolute Gasteiger partial charge is 0.277 e. The fourth-order valence-corrected chi connectivity index (χ4v) is 2.95. The van der Waals surface area contributed by atoms with Crippen LogP contribution >= 0.6 is 0 Å². The fourth-order valence-electron chi connectivity index (χ4n) is 2.95. The first-order chi connectivity index (χ1) is 12.6. The van der Waals surface area contributed by atoms with E-state index in [2.05, 4.69) is 11.8 Å². The van der Waals surface area contributed by atoms with Gasteiger partial charge in [-0.05, 0) is 47.5 Å². The Kier molecular flexibility index (Phi) is 3.87. The minimum atomic E-state index is -0.253. The number of rotatable bonds is 1. The summed E-state index contributed by atoms with van der Waals surface area (Å²) >= 11 is 0. The van der Waals surface area contributed by atoms with Crippen molar-refractivity contribution in [1.29, 1.82) is 0 Å². The highest BCUT2D eigenvalue weighted by atomic mass is 16.2. The molecule has 0 saturated carbocycles. The highest BCUT2D eigenvalue weighted by molar-refractivity contribution is 6.21. The summed E-state index contributed by atoms with van der Waals surface area (Å²) in [7, 11) is 1.50. The van der Waals surface area contributed by atoms with Crippen LogP contribution in [0.5, 0.6) is 0 Å². The van der Waals surface area contributed by atoms with Crippen molar-refractivity contribution in [2.24, 2.45) is 0 Å². The number of hydrogen-bond acceptors (Lipinski definition) is 2. The van der Waals surface area contributed by atoms with E-state index in [0.29, 0.717) is 11.1 Å². The van der Waals surface area contributed by atoms with Gasteiger partial charge in [-0.1, -0.05) is 48.2 Å². The second-order valence-electron chi connectivity index (χ2n) is 6.12. The van der Waals surface area contributed by atoms with Crippen molar-refractivity contribution in [1.82, 2.24) is 4.90 Å². The summed E-state index contributed by atoms with van der Waals surface area (Å²) in [4.78, 5) is 25.3. The van der Waals surface area contributed by atoms with Gasteiger partial charge in [0.1, 0.15) is 0 Å². The average Bonchev–Trinajstić information content (AvgIpc) is 2.91. The zero-order valence-electron chi connectivity index (χ0n) is 14.2. The molecule has 1 aliphatic heterocycles. The van der Waals surface area contributed by atoms with E-state index in [-0.39, 0.29) is 11.8 Å². The molecule has 3 aromatic rings. The SMILES string of the molecule is CN1C(=O)c2ccc(-c3ccc(C#Cc4ccccc4)cc3)cc2C1=O. The van der Waals surface area contributed by atoms with E-state index >= 15 is 0 Å². The van der Waals surface area contributed by atoms with E-state index < -0.39 is 0 Å². The zero-order valence-corrected chi connectivity index (χ0v) is 14.2.